The highest BCUT2D eigenvalue weighted by Gasteiger charge is 1.97. The summed E-state index contributed by atoms with van der Waals surface area (Å²) in [5.74, 6) is 0.174. The molecule has 0 amide bonds. The molecule has 0 aliphatic carbocycles. The van der Waals surface area contributed by atoms with Gasteiger partial charge in [0, 0.05) is 7.05 Å². The van der Waals surface area contributed by atoms with Crippen molar-refractivity contribution in [2.45, 2.75) is 6.92 Å². The lowest BCUT2D eigenvalue weighted by Gasteiger charge is -2.02. The van der Waals surface area contributed by atoms with Gasteiger partial charge in [-0.05, 0) is 6.92 Å². The van der Waals surface area contributed by atoms with E-state index in [-0.39, 0.29) is 5.88 Å². The number of nitro groups is 1. The van der Waals surface area contributed by atoms with E-state index < -0.39 is 4.92 Å². The Morgan fingerprint density at radius 1 is 1.90 bits per heavy atom. The molecule has 0 fully saturated rings. The second-order valence-electron chi connectivity index (χ2n) is 1.46. The Hall–Kier alpha value is -1.26. The molecule has 0 saturated carbocycles. The van der Waals surface area contributed by atoms with Crippen molar-refractivity contribution in [3.8, 4) is 0 Å². The van der Waals surface area contributed by atoms with Crippen LogP contribution in [-0.4, -0.2) is 18.6 Å². The molecule has 0 heterocycles. The number of hydrogen-bond donors (Lipinski definition) is 1. The Balaban J connectivity index is 3.91. The average molecular weight is 146 g/mol. The third-order valence-electron chi connectivity index (χ3n) is 0.769. The molecule has 1 N–H and O–H groups in total. The Morgan fingerprint density at radius 2 is 2.50 bits per heavy atom. The fraction of sp³-hybridized carbons (Fsp3) is 0.600. The minimum Gasteiger partial charge on any atom is -0.475 e. The van der Waals surface area contributed by atoms with Gasteiger partial charge in [0.25, 0.3) is 12.1 Å². The fourth-order valence-electron chi connectivity index (χ4n) is 0.425. The third-order valence-corrected chi connectivity index (χ3v) is 0.769. The van der Waals surface area contributed by atoms with Crippen molar-refractivity contribution in [2.24, 2.45) is 0 Å². The number of ether oxygens (including phenoxy) is 1. The van der Waals surface area contributed by atoms with Crippen LogP contribution in [0.15, 0.2) is 12.1 Å². The second-order valence-corrected chi connectivity index (χ2v) is 1.46. The summed E-state index contributed by atoms with van der Waals surface area (Å²) >= 11 is 0. The van der Waals surface area contributed by atoms with Crippen molar-refractivity contribution < 1.29 is 9.66 Å². The van der Waals surface area contributed by atoms with Gasteiger partial charge in [-0.1, -0.05) is 0 Å². The molecule has 10 heavy (non-hydrogen) atoms. The molecule has 0 radical (unpaired) electrons. The summed E-state index contributed by atoms with van der Waals surface area (Å²) in [5, 5.41) is 12.4. The van der Waals surface area contributed by atoms with Gasteiger partial charge in [-0.15, -0.1) is 0 Å². The van der Waals surface area contributed by atoms with Gasteiger partial charge in [0.2, 0.25) is 0 Å². The molecule has 0 bridgehead atoms. The number of nitrogens with one attached hydrogen (secondary N) is 1. The number of nitrogens with zero attached hydrogens (tertiary/aromatic N) is 1. The minimum absolute atomic E-state index is 0.174. The van der Waals surface area contributed by atoms with Crippen LogP contribution in [0, 0.1) is 10.1 Å². The topological polar surface area (TPSA) is 64.4 Å². The van der Waals surface area contributed by atoms with Crippen LogP contribution < -0.4 is 5.32 Å². The van der Waals surface area contributed by atoms with Crippen molar-refractivity contribution >= 4 is 0 Å². The minimum atomic E-state index is -0.568. The van der Waals surface area contributed by atoms with Gasteiger partial charge in [0.05, 0.1) is 11.5 Å². The van der Waals surface area contributed by atoms with Gasteiger partial charge in [-0.25, -0.2) is 0 Å². The zero-order valence-electron chi connectivity index (χ0n) is 5.96. The molecule has 0 spiro atoms. The SMILES string of the molecule is CCO/C(=C/[N+](=O)[O-])NC. The van der Waals surface area contributed by atoms with Gasteiger partial charge in [0.1, 0.15) is 0 Å². The van der Waals surface area contributed by atoms with Crippen LogP contribution in [0.3, 0.4) is 0 Å². The summed E-state index contributed by atoms with van der Waals surface area (Å²) < 4.78 is 4.81. The number of rotatable bonds is 4. The predicted octanol–water partition coefficient (Wildman–Crippen LogP) is 0.318. The van der Waals surface area contributed by atoms with Crippen LogP contribution in [0.25, 0.3) is 0 Å². The molecule has 0 aromatic carbocycles. The van der Waals surface area contributed by atoms with E-state index >= 15 is 0 Å². The van der Waals surface area contributed by atoms with Gasteiger partial charge >= 0.3 is 0 Å². The molecular formula is C5H10N2O3. The van der Waals surface area contributed by atoms with Gasteiger partial charge in [0.15, 0.2) is 0 Å². The summed E-state index contributed by atoms with van der Waals surface area (Å²) in [6.07, 6.45) is 0.781. The first-order valence-corrected chi connectivity index (χ1v) is 2.86. The molecule has 5 heteroatoms. The predicted molar refractivity (Wildman–Crippen MR) is 35.8 cm³/mol. The molecule has 0 aliphatic heterocycles. The summed E-state index contributed by atoms with van der Waals surface area (Å²) in [5.41, 5.74) is 0. The summed E-state index contributed by atoms with van der Waals surface area (Å²) in [4.78, 5) is 9.28. The van der Waals surface area contributed by atoms with Crippen LogP contribution in [0.2, 0.25) is 0 Å². The van der Waals surface area contributed by atoms with Crippen molar-refractivity contribution in [3.05, 3.63) is 22.2 Å². The van der Waals surface area contributed by atoms with E-state index in [2.05, 4.69) is 5.32 Å². The Morgan fingerprint density at radius 3 is 2.80 bits per heavy atom. The van der Waals surface area contributed by atoms with E-state index in [1.807, 2.05) is 0 Å². The van der Waals surface area contributed by atoms with Crippen molar-refractivity contribution in [3.63, 3.8) is 0 Å². The van der Waals surface area contributed by atoms with Crippen LogP contribution >= 0.6 is 0 Å². The average Bonchev–Trinajstić information content (AvgIpc) is 1.86. The van der Waals surface area contributed by atoms with Crippen LogP contribution in [0.4, 0.5) is 0 Å². The molecule has 0 aliphatic rings. The summed E-state index contributed by atoms with van der Waals surface area (Å²) in [7, 11) is 1.56. The third kappa shape index (κ3) is 3.71. The molecule has 0 rings (SSSR count). The van der Waals surface area contributed by atoms with Crippen LogP contribution in [-0.2, 0) is 4.74 Å². The highest BCUT2D eigenvalue weighted by Crippen LogP contribution is 1.89. The van der Waals surface area contributed by atoms with E-state index in [1.165, 1.54) is 0 Å². The Bertz CT molecular complexity index is 144. The zero-order valence-corrected chi connectivity index (χ0v) is 5.96. The smallest absolute Gasteiger partial charge is 0.293 e. The molecule has 0 unspecified atom stereocenters. The largest absolute Gasteiger partial charge is 0.475 e. The standard InChI is InChI=1S/C5H10N2O3/c1-3-10-5(6-2)4-7(8)9/h4,6H,3H2,1-2H3/b5-4+. The normalized spacial score (nSPS) is 10.8. The second kappa shape index (κ2) is 4.60. The van der Waals surface area contributed by atoms with Gasteiger partial charge < -0.3 is 10.1 Å². The van der Waals surface area contributed by atoms with Crippen molar-refractivity contribution in [1.29, 1.82) is 0 Å². The molecule has 0 aromatic rings. The first kappa shape index (κ1) is 8.74. The van der Waals surface area contributed by atoms with E-state index in [1.54, 1.807) is 14.0 Å². The van der Waals surface area contributed by atoms with Crippen LogP contribution in [0.5, 0.6) is 0 Å². The first-order valence-electron chi connectivity index (χ1n) is 2.86. The Kier molecular flexibility index (Phi) is 4.02. The maximum Gasteiger partial charge on any atom is 0.293 e. The van der Waals surface area contributed by atoms with E-state index in [9.17, 15) is 10.1 Å². The van der Waals surface area contributed by atoms with Crippen LogP contribution in [0.1, 0.15) is 6.92 Å². The quantitative estimate of drug-likeness (QED) is 0.352. The first-order chi connectivity index (χ1) is 4.70. The van der Waals surface area contributed by atoms with Crippen molar-refractivity contribution in [2.75, 3.05) is 13.7 Å². The maximum absolute atomic E-state index is 9.85. The molecule has 0 atom stereocenters. The lowest BCUT2D eigenvalue weighted by atomic mass is 10.7. The van der Waals surface area contributed by atoms with Gasteiger partial charge in [-0.2, -0.15) is 0 Å². The molecule has 5 nitrogen and oxygen atoms in total. The highest BCUT2D eigenvalue weighted by atomic mass is 16.6. The lowest BCUT2D eigenvalue weighted by molar-refractivity contribution is -0.405. The molecular weight excluding hydrogens is 136 g/mol. The van der Waals surface area contributed by atoms with E-state index in [0.29, 0.717) is 6.61 Å². The molecule has 0 saturated heterocycles. The van der Waals surface area contributed by atoms with Crippen molar-refractivity contribution in [1.82, 2.24) is 5.32 Å². The molecule has 58 valence electrons. The lowest BCUT2D eigenvalue weighted by Crippen LogP contribution is -2.11. The molecule has 0 aromatic heterocycles. The monoisotopic (exact) mass is 146 g/mol. The highest BCUT2D eigenvalue weighted by molar-refractivity contribution is 4.80. The van der Waals surface area contributed by atoms with E-state index in [0.717, 1.165) is 6.20 Å². The van der Waals surface area contributed by atoms with Gasteiger partial charge in [-0.3, -0.25) is 10.1 Å². The summed E-state index contributed by atoms with van der Waals surface area (Å²) in [6, 6.07) is 0. The van der Waals surface area contributed by atoms with E-state index in [4.69, 9.17) is 4.74 Å². The number of hydrogen-bond acceptors (Lipinski definition) is 4. The summed E-state index contributed by atoms with van der Waals surface area (Å²) in [6.45, 7) is 2.17. The maximum atomic E-state index is 9.85. The Labute approximate surface area is 58.8 Å². The fourth-order valence-corrected chi connectivity index (χ4v) is 0.425. The zero-order chi connectivity index (χ0) is 7.98.